The third-order valence-corrected chi connectivity index (χ3v) is 1.59. The zero-order chi connectivity index (χ0) is 7.94. The molecule has 1 aliphatic rings. The Kier molecular flexibility index (Phi) is 3.56. The highest BCUT2D eigenvalue weighted by Crippen LogP contribution is 2.07. The average Bonchev–Trinajstić information content (AvgIpc) is 2.16. The minimum atomic E-state index is 0.0203. The molecule has 1 saturated heterocycles. The van der Waals surface area contributed by atoms with E-state index in [1.807, 2.05) is 0 Å². The quantitative estimate of drug-likeness (QED) is 0.495. The molecule has 0 amide bonds. The molecule has 0 N–H and O–H groups in total. The first-order valence-corrected chi connectivity index (χ1v) is 3.94. The van der Waals surface area contributed by atoms with E-state index in [-0.39, 0.29) is 5.95 Å². The molecule has 11 heavy (non-hydrogen) atoms. The first-order chi connectivity index (χ1) is 5.43. The van der Waals surface area contributed by atoms with Gasteiger partial charge in [0.05, 0.1) is 13.2 Å². The maximum atomic E-state index is 10.1. The van der Waals surface area contributed by atoms with E-state index in [0.717, 1.165) is 25.7 Å². The highest BCUT2D eigenvalue weighted by Gasteiger charge is 2.03. The van der Waals surface area contributed by atoms with Gasteiger partial charge in [-0.05, 0) is 25.7 Å². The molecule has 1 heterocycles. The van der Waals surface area contributed by atoms with Crippen molar-refractivity contribution in [2.45, 2.75) is 25.7 Å². The van der Waals surface area contributed by atoms with Crippen LogP contribution in [0.1, 0.15) is 25.7 Å². The van der Waals surface area contributed by atoms with Crippen LogP contribution in [0.3, 0.4) is 0 Å². The van der Waals surface area contributed by atoms with E-state index in [2.05, 4.69) is 0 Å². The summed E-state index contributed by atoms with van der Waals surface area (Å²) < 4.78 is 9.97. The molecule has 1 rings (SSSR count). The summed E-state index contributed by atoms with van der Waals surface area (Å²) in [5.74, 6) is 1.64. The molecular formula is C8H12O3. The van der Waals surface area contributed by atoms with E-state index < -0.39 is 0 Å². The Morgan fingerprint density at radius 1 is 1.00 bits per heavy atom. The Bertz CT molecular complexity index is 147. The van der Waals surface area contributed by atoms with Crippen molar-refractivity contribution in [1.82, 2.24) is 0 Å². The van der Waals surface area contributed by atoms with Gasteiger partial charge >= 0.3 is 5.95 Å². The minimum absolute atomic E-state index is 0.0203. The van der Waals surface area contributed by atoms with Gasteiger partial charge in [-0.25, -0.2) is 4.79 Å². The molecule has 0 saturated carbocycles. The van der Waals surface area contributed by atoms with Gasteiger partial charge in [0.15, 0.2) is 0 Å². The lowest BCUT2D eigenvalue weighted by Gasteiger charge is -2.04. The fourth-order valence-electron chi connectivity index (χ4n) is 0.988. The minimum Gasteiger partial charge on any atom is -0.457 e. The van der Waals surface area contributed by atoms with Crippen LogP contribution in [0.2, 0.25) is 0 Å². The summed E-state index contributed by atoms with van der Waals surface area (Å²) in [4.78, 5) is 10.1. The van der Waals surface area contributed by atoms with Gasteiger partial charge in [-0.15, -0.1) is 0 Å². The van der Waals surface area contributed by atoms with Gasteiger partial charge in [0.2, 0.25) is 5.94 Å². The van der Waals surface area contributed by atoms with Gasteiger partial charge in [-0.1, -0.05) is 0 Å². The van der Waals surface area contributed by atoms with Crippen LogP contribution in [0.25, 0.3) is 0 Å². The highest BCUT2D eigenvalue weighted by molar-refractivity contribution is 5.46. The second-order valence-corrected chi connectivity index (χ2v) is 2.50. The lowest BCUT2D eigenvalue weighted by atomic mass is 10.2. The number of carbonyl (C=O) groups excluding carboxylic acids is 1. The van der Waals surface area contributed by atoms with Crippen LogP contribution in [0.15, 0.2) is 5.95 Å². The largest absolute Gasteiger partial charge is 0.457 e. The molecule has 0 aromatic rings. The normalized spacial score (nSPS) is 19.8. The summed E-state index contributed by atoms with van der Waals surface area (Å²) in [7, 11) is 0. The lowest BCUT2D eigenvalue weighted by molar-refractivity contribution is 0.0442. The van der Waals surface area contributed by atoms with E-state index in [1.54, 1.807) is 5.94 Å². The van der Waals surface area contributed by atoms with Crippen molar-refractivity contribution in [2.24, 2.45) is 0 Å². The monoisotopic (exact) mass is 156 g/mol. The molecule has 0 unspecified atom stereocenters. The maximum Gasteiger partial charge on any atom is 0.369 e. The molecular weight excluding hydrogens is 144 g/mol. The molecule has 3 heteroatoms. The van der Waals surface area contributed by atoms with E-state index in [0.29, 0.717) is 13.2 Å². The van der Waals surface area contributed by atoms with Crippen LogP contribution >= 0.6 is 0 Å². The number of hydrogen-bond acceptors (Lipinski definition) is 3. The molecule has 1 fully saturated rings. The van der Waals surface area contributed by atoms with E-state index in [4.69, 9.17) is 9.47 Å². The molecule has 1 aliphatic heterocycles. The van der Waals surface area contributed by atoms with E-state index in [1.165, 1.54) is 0 Å². The van der Waals surface area contributed by atoms with Crippen molar-refractivity contribution >= 4 is 5.94 Å². The van der Waals surface area contributed by atoms with Gasteiger partial charge in [-0.2, -0.15) is 0 Å². The molecule has 62 valence electrons. The molecule has 0 radical (unpaired) electrons. The third kappa shape index (κ3) is 3.10. The van der Waals surface area contributed by atoms with Gasteiger partial charge in [-0.3, -0.25) is 0 Å². The SMILES string of the molecule is O=C=C1OCCCCCCO1. The van der Waals surface area contributed by atoms with Gasteiger partial charge in [0, 0.05) is 0 Å². The van der Waals surface area contributed by atoms with Crippen LogP contribution in [0.4, 0.5) is 0 Å². The van der Waals surface area contributed by atoms with Crippen molar-refractivity contribution in [2.75, 3.05) is 13.2 Å². The second kappa shape index (κ2) is 4.80. The van der Waals surface area contributed by atoms with Crippen LogP contribution in [0.5, 0.6) is 0 Å². The summed E-state index contributed by atoms with van der Waals surface area (Å²) >= 11 is 0. The zero-order valence-corrected chi connectivity index (χ0v) is 6.47. The van der Waals surface area contributed by atoms with Crippen LogP contribution < -0.4 is 0 Å². The fraction of sp³-hybridized carbons (Fsp3) is 0.750. The summed E-state index contributed by atoms with van der Waals surface area (Å²) in [6.07, 6.45) is 4.29. The molecule has 0 bridgehead atoms. The summed E-state index contributed by atoms with van der Waals surface area (Å²) in [6.45, 7) is 1.15. The predicted molar refractivity (Wildman–Crippen MR) is 39.6 cm³/mol. The lowest BCUT2D eigenvalue weighted by Crippen LogP contribution is -1.99. The van der Waals surface area contributed by atoms with Crippen molar-refractivity contribution in [1.29, 1.82) is 0 Å². The van der Waals surface area contributed by atoms with Crippen LogP contribution in [-0.2, 0) is 14.3 Å². The molecule has 0 spiro atoms. The van der Waals surface area contributed by atoms with Gasteiger partial charge < -0.3 is 9.47 Å². The standard InChI is InChI=1S/C8H12O3/c9-7-8-10-5-3-1-2-4-6-11-8/h1-6H2. The molecule has 0 atom stereocenters. The summed E-state index contributed by atoms with van der Waals surface area (Å²) in [5.41, 5.74) is 0. The smallest absolute Gasteiger partial charge is 0.369 e. The Labute approximate surface area is 66.0 Å². The van der Waals surface area contributed by atoms with Gasteiger partial charge in [0.25, 0.3) is 0 Å². The molecule has 3 nitrogen and oxygen atoms in total. The first kappa shape index (κ1) is 8.15. The second-order valence-electron chi connectivity index (χ2n) is 2.50. The van der Waals surface area contributed by atoms with Crippen LogP contribution in [0, 0.1) is 0 Å². The number of hydrogen-bond donors (Lipinski definition) is 0. The third-order valence-electron chi connectivity index (χ3n) is 1.59. The van der Waals surface area contributed by atoms with E-state index >= 15 is 0 Å². The Morgan fingerprint density at radius 2 is 1.55 bits per heavy atom. The number of rotatable bonds is 0. The van der Waals surface area contributed by atoms with Gasteiger partial charge in [0.1, 0.15) is 0 Å². The summed E-state index contributed by atoms with van der Waals surface area (Å²) in [6, 6.07) is 0. The first-order valence-electron chi connectivity index (χ1n) is 3.94. The number of ether oxygens (including phenoxy) is 2. The topological polar surface area (TPSA) is 35.5 Å². The predicted octanol–water partition coefficient (Wildman–Crippen LogP) is 1.27. The van der Waals surface area contributed by atoms with Crippen molar-refractivity contribution < 1.29 is 14.3 Å². The van der Waals surface area contributed by atoms with E-state index in [9.17, 15) is 4.79 Å². The Balaban J connectivity index is 2.37. The average molecular weight is 156 g/mol. The fourth-order valence-corrected chi connectivity index (χ4v) is 0.988. The Hall–Kier alpha value is -0.950. The molecule has 0 aliphatic carbocycles. The maximum absolute atomic E-state index is 10.1. The van der Waals surface area contributed by atoms with Crippen molar-refractivity contribution in [3.05, 3.63) is 5.95 Å². The molecule has 0 aromatic heterocycles. The summed E-state index contributed by atoms with van der Waals surface area (Å²) in [5, 5.41) is 0. The Morgan fingerprint density at radius 3 is 2.00 bits per heavy atom. The zero-order valence-electron chi connectivity index (χ0n) is 6.47. The highest BCUT2D eigenvalue weighted by atomic mass is 16.7. The van der Waals surface area contributed by atoms with Crippen molar-refractivity contribution in [3.8, 4) is 0 Å². The molecule has 0 aromatic carbocycles. The van der Waals surface area contributed by atoms with Crippen molar-refractivity contribution in [3.63, 3.8) is 0 Å². The van der Waals surface area contributed by atoms with Crippen LogP contribution in [-0.4, -0.2) is 19.2 Å².